The van der Waals surface area contributed by atoms with Crippen molar-refractivity contribution in [2.75, 3.05) is 0 Å². The van der Waals surface area contributed by atoms with Gasteiger partial charge in [-0.05, 0) is 29.8 Å². The minimum atomic E-state index is 0.777. The van der Waals surface area contributed by atoms with E-state index in [1.54, 1.807) is 11.3 Å². The highest BCUT2D eigenvalue weighted by atomic mass is 35.5. The molecule has 3 aromatic rings. The molecule has 1 heterocycles. The first-order valence-corrected chi connectivity index (χ1v) is 7.30. The van der Waals surface area contributed by atoms with Gasteiger partial charge >= 0.3 is 0 Å². The summed E-state index contributed by atoms with van der Waals surface area (Å²) in [5.74, 6) is 0. The Bertz CT molecular complexity index is 660. The first-order valence-electron chi connectivity index (χ1n) is 6.11. The molecule has 0 radical (unpaired) electrons. The third-order valence-electron chi connectivity index (χ3n) is 2.83. The van der Waals surface area contributed by atoms with Crippen molar-refractivity contribution in [1.82, 2.24) is 10.3 Å². The summed E-state index contributed by atoms with van der Waals surface area (Å²) in [4.78, 5) is 4.59. The van der Waals surface area contributed by atoms with Gasteiger partial charge in [0.15, 0.2) is 0 Å². The molecule has 0 saturated carbocycles. The third-order valence-corrected chi connectivity index (χ3v) is 4.10. The molecular formula is C15H13ClN2S. The van der Waals surface area contributed by atoms with Crippen LogP contribution in [0.2, 0.25) is 5.02 Å². The summed E-state index contributed by atoms with van der Waals surface area (Å²) in [7, 11) is 0. The van der Waals surface area contributed by atoms with E-state index in [9.17, 15) is 0 Å². The number of para-hydroxylation sites is 1. The zero-order valence-corrected chi connectivity index (χ0v) is 11.8. The van der Waals surface area contributed by atoms with Gasteiger partial charge in [-0.15, -0.1) is 11.3 Å². The smallest absolute Gasteiger partial charge is 0.108 e. The number of rotatable bonds is 4. The Morgan fingerprint density at radius 3 is 2.79 bits per heavy atom. The predicted molar refractivity (Wildman–Crippen MR) is 81.6 cm³/mol. The molecule has 0 unspecified atom stereocenters. The molecule has 0 aliphatic heterocycles. The fraction of sp³-hybridized carbons (Fsp3) is 0.133. The third kappa shape index (κ3) is 3.13. The number of nitrogens with zero attached hydrogens (tertiary/aromatic N) is 1. The van der Waals surface area contributed by atoms with E-state index < -0.39 is 0 Å². The van der Waals surface area contributed by atoms with Crippen molar-refractivity contribution < 1.29 is 0 Å². The highest BCUT2D eigenvalue weighted by molar-refractivity contribution is 7.18. The van der Waals surface area contributed by atoms with E-state index in [4.69, 9.17) is 11.6 Å². The number of thiazole rings is 1. The Morgan fingerprint density at radius 1 is 1.05 bits per heavy atom. The van der Waals surface area contributed by atoms with Crippen molar-refractivity contribution in [3.05, 3.63) is 64.1 Å². The number of aromatic nitrogens is 1. The van der Waals surface area contributed by atoms with Crippen LogP contribution in [0.1, 0.15) is 10.6 Å². The average Bonchev–Trinajstić information content (AvgIpc) is 2.81. The first-order chi connectivity index (χ1) is 9.31. The zero-order chi connectivity index (χ0) is 13.1. The molecule has 0 fully saturated rings. The van der Waals surface area contributed by atoms with Gasteiger partial charge in [0.1, 0.15) is 5.01 Å². The summed E-state index contributed by atoms with van der Waals surface area (Å²) in [6.45, 7) is 1.59. The van der Waals surface area contributed by atoms with Gasteiger partial charge in [0.05, 0.1) is 10.2 Å². The van der Waals surface area contributed by atoms with Gasteiger partial charge < -0.3 is 5.32 Å². The van der Waals surface area contributed by atoms with Gasteiger partial charge in [-0.1, -0.05) is 35.9 Å². The Morgan fingerprint density at radius 2 is 1.95 bits per heavy atom. The van der Waals surface area contributed by atoms with Gasteiger partial charge in [0.2, 0.25) is 0 Å². The Labute approximate surface area is 121 Å². The summed E-state index contributed by atoms with van der Waals surface area (Å²) < 4.78 is 1.24. The lowest BCUT2D eigenvalue weighted by Gasteiger charge is -2.03. The standard InChI is InChI=1S/C15H13ClN2S/c16-12-5-3-4-11(8-12)9-17-10-15-18-13-6-1-2-7-14(13)19-15/h1-8,17H,9-10H2. The molecule has 0 amide bonds. The van der Waals surface area contributed by atoms with E-state index in [0.29, 0.717) is 0 Å². The van der Waals surface area contributed by atoms with Gasteiger partial charge in [0, 0.05) is 18.1 Å². The summed E-state index contributed by atoms with van der Waals surface area (Å²) in [6, 6.07) is 16.1. The molecule has 0 saturated heterocycles. The molecule has 0 aliphatic carbocycles. The lowest BCUT2D eigenvalue weighted by atomic mass is 10.2. The monoisotopic (exact) mass is 288 g/mol. The van der Waals surface area contributed by atoms with E-state index in [1.807, 2.05) is 36.4 Å². The number of fused-ring (bicyclic) bond motifs is 1. The lowest BCUT2D eigenvalue weighted by Crippen LogP contribution is -2.12. The summed E-state index contributed by atoms with van der Waals surface area (Å²) in [5.41, 5.74) is 2.26. The van der Waals surface area contributed by atoms with Crippen LogP contribution in [0.4, 0.5) is 0 Å². The highest BCUT2D eigenvalue weighted by Gasteiger charge is 2.02. The second-order valence-electron chi connectivity index (χ2n) is 4.31. The van der Waals surface area contributed by atoms with E-state index in [0.717, 1.165) is 28.6 Å². The quantitative estimate of drug-likeness (QED) is 0.777. The minimum absolute atomic E-state index is 0.777. The van der Waals surface area contributed by atoms with Gasteiger partial charge in [-0.25, -0.2) is 4.98 Å². The van der Waals surface area contributed by atoms with Gasteiger partial charge in [-0.2, -0.15) is 0 Å². The van der Waals surface area contributed by atoms with Crippen molar-refractivity contribution in [3.8, 4) is 0 Å². The second kappa shape index (κ2) is 5.70. The average molecular weight is 289 g/mol. The van der Waals surface area contributed by atoms with Gasteiger partial charge in [-0.3, -0.25) is 0 Å². The molecule has 0 atom stereocenters. The molecule has 0 bridgehead atoms. The highest BCUT2D eigenvalue weighted by Crippen LogP contribution is 2.21. The van der Waals surface area contributed by atoms with Gasteiger partial charge in [0.25, 0.3) is 0 Å². The molecule has 4 heteroatoms. The van der Waals surface area contributed by atoms with Crippen LogP contribution < -0.4 is 5.32 Å². The van der Waals surface area contributed by atoms with Crippen LogP contribution in [0.15, 0.2) is 48.5 Å². The van der Waals surface area contributed by atoms with E-state index in [-0.39, 0.29) is 0 Å². The van der Waals surface area contributed by atoms with Crippen LogP contribution in [0.25, 0.3) is 10.2 Å². The van der Waals surface area contributed by atoms with Crippen molar-refractivity contribution in [3.63, 3.8) is 0 Å². The van der Waals surface area contributed by atoms with Crippen molar-refractivity contribution in [1.29, 1.82) is 0 Å². The van der Waals surface area contributed by atoms with Crippen molar-refractivity contribution >= 4 is 33.2 Å². The number of hydrogen-bond donors (Lipinski definition) is 1. The van der Waals surface area contributed by atoms with Crippen LogP contribution in [-0.4, -0.2) is 4.98 Å². The van der Waals surface area contributed by atoms with Crippen LogP contribution >= 0.6 is 22.9 Å². The Hall–Kier alpha value is -1.42. The lowest BCUT2D eigenvalue weighted by molar-refractivity contribution is 0.691. The molecule has 3 rings (SSSR count). The largest absolute Gasteiger partial charge is 0.306 e. The molecule has 96 valence electrons. The van der Waals surface area contributed by atoms with Crippen molar-refractivity contribution in [2.24, 2.45) is 0 Å². The second-order valence-corrected chi connectivity index (χ2v) is 5.86. The molecule has 2 aromatic carbocycles. The molecule has 1 N–H and O–H groups in total. The number of benzene rings is 2. The molecular weight excluding hydrogens is 276 g/mol. The Balaban J connectivity index is 1.63. The fourth-order valence-electron chi connectivity index (χ4n) is 1.96. The molecule has 2 nitrogen and oxygen atoms in total. The van der Waals surface area contributed by atoms with Crippen LogP contribution in [0.3, 0.4) is 0 Å². The van der Waals surface area contributed by atoms with Crippen molar-refractivity contribution in [2.45, 2.75) is 13.1 Å². The zero-order valence-electron chi connectivity index (χ0n) is 10.3. The Kier molecular flexibility index (Phi) is 3.78. The fourth-order valence-corrected chi connectivity index (χ4v) is 3.11. The normalized spacial score (nSPS) is 11.0. The maximum Gasteiger partial charge on any atom is 0.108 e. The minimum Gasteiger partial charge on any atom is -0.306 e. The number of nitrogens with one attached hydrogen (secondary N) is 1. The summed E-state index contributed by atoms with van der Waals surface area (Å²) in [5, 5.41) is 5.29. The number of halogens is 1. The van der Waals surface area contributed by atoms with E-state index >= 15 is 0 Å². The summed E-state index contributed by atoms with van der Waals surface area (Å²) >= 11 is 7.69. The predicted octanol–water partition coefficient (Wildman–Crippen LogP) is 4.24. The molecule has 0 spiro atoms. The SMILES string of the molecule is Clc1cccc(CNCc2nc3ccccc3s2)c1. The first kappa shape index (κ1) is 12.6. The van der Waals surface area contributed by atoms with Crippen LogP contribution in [-0.2, 0) is 13.1 Å². The topological polar surface area (TPSA) is 24.9 Å². The number of hydrogen-bond acceptors (Lipinski definition) is 3. The summed E-state index contributed by atoms with van der Waals surface area (Å²) in [6.07, 6.45) is 0. The van der Waals surface area contributed by atoms with Crippen LogP contribution in [0.5, 0.6) is 0 Å². The van der Waals surface area contributed by atoms with E-state index in [1.165, 1.54) is 10.3 Å². The molecule has 0 aliphatic rings. The maximum atomic E-state index is 5.96. The molecule has 19 heavy (non-hydrogen) atoms. The van der Waals surface area contributed by atoms with Crippen LogP contribution in [0, 0.1) is 0 Å². The molecule has 1 aromatic heterocycles. The van der Waals surface area contributed by atoms with E-state index in [2.05, 4.69) is 22.4 Å². The maximum absolute atomic E-state index is 5.96.